The molecule has 2 unspecified atom stereocenters. The van der Waals surface area contributed by atoms with Crippen molar-refractivity contribution >= 4 is 0 Å². The van der Waals surface area contributed by atoms with Crippen molar-refractivity contribution in [3.63, 3.8) is 0 Å². The van der Waals surface area contributed by atoms with Crippen LogP contribution in [0.3, 0.4) is 0 Å². The summed E-state index contributed by atoms with van der Waals surface area (Å²) in [7, 11) is 0. The Morgan fingerprint density at radius 2 is 2.00 bits per heavy atom. The Balaban J connectivity index is 2.68. The molecule has 0 saturated heterocycles. The molecule has 0 aliphatic heterocycles. The largest absolute Gasteiger partial charge is 0.378 e. The summed E-state index contributed by atoms with van der Waals surface area (Å²) in [5.74, 6) is 2.48. The van der Waals surface area contributed by atoms with Crippen molar-refractivity contribution in [2.24, 2.45) is 5.92 Å². The Kier molecular flexibility index (Phi) is 3.33. The quantitative estimate of drug-likeness (QED) is 0.721. The molecule has 14 heavy (non-hydrogen) atoms. The van der Waals surface area contributed by atoms with E-state index in [1.165, 1.54) is 5.56 Å². The maximum Gasteiger partial charge on any atom is 0.125 e. The van der Waals surface area contributed by atoms with E-state index in [9.17, 15) is 5.11 Å². The van der Waals surface area contributed by atoms with Gasteiger partial charge >= 0.3 is 0 Å². The number of rotatable bonds is 3. The van der Waals surface area contributed by atoms with E-state index in [-0.39, 0.29) is 5.92 Å². The summed E-state index contributed by atoms with van der Waals surface area (Å²) in [6.07, 6.45) is 6.06. The normalized spacial score (nSPS) is 16.7. The molecule has 1 nitrogen and oxygen atoms in total. The monoisotopic (exact) mass is 188 g/mol. The Morgan fingerprint density at radius 3 is 2.50 bits per heavy atom. The summed E-state index contributed by atoms with van der Waals surface area (Å²) in [6.45, 7) is 3.65. The van der Waals surface area contributed by atoms with E-state index in [0.29, 0.717) is 0 Å². The highest BCUT2D eigenvalue weighted by Crippen LogP contribution is 2.20. The number of hydrogen-bond donors (Lipinski definition) is 1. The number of benzene rings is 1. The summed E-state index contributed by atoms with van der Waals surface area (Å²) < 4.78 is 0. The molecule has 0 fully saturated rings. The SMILES string of the molecule is C#CC(C)(O)C(C)Cc1ccccc1. The Hall–Kier alpha value is -1.26. The van der Waals surface area contributed by atoms with Gasteiger partial charge in [-0.15, -0.1) is 6.42 Å². The molecule has 0 aliphatic carbocycles. The molecule has 0 saturated carbocycles. The molecular weight excluding hydrogens is 172 g/mol. The van der Waals surface area contributed by atoms with Gasteiger partial charge in [-0.2, -0.15) is 0 Å². The zero-order valence-electron chi connectivity index (χ0n) is 8.70. The third-order valence-electron chi connectivity index (χ3n) is 2.64. The fourth-order valence-corrected chi connectivity index (χ4v) is 1.31. The first-order chi connectivity index (χ1) is 6.56. The number of aliphatic hydroxyl groups is 1. The topological polar surface area (TPSA) is 20.2 Å². The highest BCUT2D eigenvalue weighted by atomic mass is 16.3. The van der Waals surface area contributed by atoms with Crippen molar-refractivity contribution in [1.29, 1.82) is 0 Å². The molecular formula is C13H16O. The maximum atomic E-state index is 9.82. The third kappa shape index (κ3) is 2.61. The van der Waals surface area contributed by atoms with E-state index in [1.807, 2.05) is 37.3 Å². The van der Waals surface area contributed by atoms with Gasteiger partial charge in [-0.25, -0.2) is 0 Å². The summed E-state index contributed by atoms with van der Waals surface area (Å²) in [5.41, 5.74) is 0.186. The highest BCUT2D eigenvalue weighted by molar-refractivity contribution is 5.17. The molecule has 74 valence electrons. The molecule has 0 radical (unpaired) electrons. The average Bonchev–Trinajstić information content (AvgIpc) is 2.19. The van der Waals surface area contributed by atoms with E-state index >= 15 is 0 Å². The molecule has 0 bridgehead atoms. The van der Waals surface area contributed by atoms with Crippen LogP contribution in [0.25, 0.3) is 0 Å². The number of terminal acetylenes is 1. The Morgan fingerprint density at radius 1 is 1.43 bits per heavy atom. The summed E-state index contributed by atoms with van der Waals surface area (Å²) in [6, 6.07) is 10.1. The molecule has 1 rings (SSSR count). The van der Waals surface area contributed by atoms with Gasteiger partial charge in [-0.1, -0.05) is 43.2 Å². The van der Waals surface area contributed by atoms with Gasteiger partial charge < -0.3 is 5.11 Å². The second-order valence-corrected chi connectivity index (χ2v) is 3.88. The fraction of sp³-hybridized carbons (Fsp3) is 0.385. The first-order valence-corrected chi connectivity index (χ1v) is 4.80. The van der Waals surface area contributed by atoms with Gasteiger partial charge in [-0.3, -0.25) is 0 Å². The zero-order valence-corrected chi connectivity index (χ0v) is 8.70. The molecule has 0 heterocycles. The van der Waals surface area contributed by atoms with Gasteiger partial charge in [0.2, 0.25) is 0 Å². The van der Waals surface area contributed by atoms with E-state index in [0.717, 1.165) is 6.42 Å². The molecule has 0 aromatic heterocycles. The van der Waals surface area contributed by atoms with Crippen LogP contribution in [0.5, 0.6) is 0 Å². The standard InChI is InChI=1S/C13H16O/c1-4-13(3,14)11(2)10-12-8-6-5-7-9-12/h1,5-9,11,14H,10H2,2-3H3. The van der Waals surface area contributed by atoms with E-state index in [4.69, 9.17) is 6.42 Å². The van der Waals surface area contributed by atoms with E-state index < -0.39 is 5.60 Å². The van der Waals surface area contributed by atoms with E-state index in [1.54, 1.807) is 6.92 Å². The lowest BCUT2D eigenvalue weighted by molar-refractivity contribution is 0.0645. The molecule has 1 heteroatoms. The molecule has 1 N–H and O–H groups in total. The number of hydrogen-bond acceptors (Lipinski definition) is 1. The average molecular weight is 188 g/mol. The third-order valence-corrected chi connectivity index (χ3v) is 2.64. The summed E-state index contributed by atoms with van der Waals surface area (Å²) in [4.78, 5) is 0. The van der Waals surface area contributed by atoms with Crippen molar-refractivity contribution in [3.8, 4) is 12.3 Å². The lowest BCUT2D eigenvalue weighted by Crippen LogP contribution is -2.32. The predicted molar refractivity (Wildman–Crippen MR) is 58.8 cm³/mol. The lowest BCUT2D eigenvalue weighted by atomic mass is 9.86. The van der Waals surface area contributed by atoms with Crippen LogP contribution in [0, 0.1) is 18.3 Å². The first-order valence-electron chi connectivity index (χ1n) is 4.80. The molecule has 2 atom stereocenters. The molecule has 0 aliphatic rings. The molecule has 0 amide bonds. The summed E-state index contributed by atoms with van der Waals surface area (Å²) >= 11 is 0. The predicted octanol–water partition coefficient (Wildman–Crippen LogP) is 2.25. The van der Waals surface area contributed by atoms with Gasteiger partial charge in [0.15, 0.2) is 0 Å². The van der Waals surface area contributed by atoms with Crippen LogP contribution in [0.15, 0.2) is 30.3 Å². The van der Waals surface area contributed by atoms with Crippen LogP contribution < -0.4 is 0 Å². The first kappa shape index (κ1) is 10.8. The summed E-state index contributed by atoms with van der Waals surface area (Å²) in [5, 5.41) is 9.82. The van der Waals surface area contributed by atoms with Crippen LogP contribution >= 0.6 is 0 Å². The Bertz CT molecular complexity index is 319. The van der Waals surface area contributed by atoms with Gasteiger partial charge in [-0.05, 0) is 24.8 Å². The van der Waals surface area contributed by atoms with Gasteiger partial charge in [0.05, 0.1) is 0 Å². The second-order valence-electron chi connectivity index (χ2n) is 3.88. The molecule has 0 spiro atoms. The fourth-order valence-electron chi connectivity index (χ4n) is 1.31. The van der Waals surface area contributed by atoms with Crippen LogP contribution in [0.2, 0.25) is 0 Å². The van der Waals surface area contributed by atoms with Crippen molar-refractivity contribution in [2.45, 2.75) is 25.9 Å². The highest BCUT2D eigenvalue weighted by Gasteiger charge is 2.25. The van der Waals surface area contributed by atoms with Crippen LogP contribution in [-0.4, -0.2) is 10.7 Å². The van der Waals surface area contributed by atoms with Crippen LogP contribution in [0.4, 0.5) is 0 Å². The Labute approximate surface area is 85.8 Å². The lowest BCUT2D eigenvalue weighted by Gasteiger charge is -2.24. The maximum absolute atomic E-state index is 9.82. The minimum atomic E-state index is -1.02. The zero-order chi connectivity index (χ0) is 10.6. The van der Waals surface area contributed by atoms with Gasteiger partial charge in [0.25, 0.3) is 0 Å². The van der Waals surface area contributed by atoms with Crippen molar-refractivity contribution in [2.75, 3.05) is 0 Å². The van der Waals surface area contributed by atoms with Crippen molar-refractivity contribution in [3.05, 3.63) is 35.9 Å². The minimum absolute atomic E-state index is 0.0647. The van der Waals surface area contributed by atoms with Gasteiger partial charge in [0, 0.05) is 0 Å². The van der Waals surface area contributed by atoms with Crippen LogP contribution in [-0.2, 0) is 6.42 Å². The second kappa shape index (κ2) is 4.30. The smallest absolute Gasteiger partial charge is 0.125 e. The van der Waals surface area contributed by atoms with Gasteiger partial charge in [0.1, 0.15) is 5.60 Å². The van der Waals surface area contributed by atoms with Crippen LogP contribution in [0.1, 0.15) is 19.4 Å². The van der Waals surface area contributed by atoms with Crippen molar-refractivity contribution in [1.82, 2.24) is 0 Å². The van der Waals surface area contributed by atoms with E-state index in [2.05, 4.69) is 5.92 Å². The minimum Gasteiger partial charge on any atom is -0.378 e. The molecule has 1 aromatic carbocycles. The van der Waals surface area contributed by atoms with Crippen molar-refractivity contribution < 1.29 is 5.11 Å². The molecule has 1 aromatic rings.